The van der Waals surface area contributed by atoms with Crippen LogP contribution in [0.4, 0.5) is 0 Å². The average Bonchev–Trinajstić information content (AvgIpc) is 3.16. The van der Waals surface area contributed by atoms with Crippen molar-refractivity contribution in [2.75, 3.05) is 0 Å². The Labute approximate surface area is 119 Å². The molecular weight excluding hydrogens is 254 g/mol. The third kappa shape index (κ3) is 3.00. The minimum atomic E-state index is -0.873. The van der Waals surface area contributed by atoms with E-state index >= 15 is 0 Å². The van der Waals surface area contributed by atoms with Gasteiger partial charge in [-0.05, 0) is 30.4 Å². The number of hydrogen-bond acceptors (Lipinski definition) is 2. The second-order valence-electron chi connectivity index (χ2n) is 5.87. The molecule has 4 nitrogen and oxygen atoms in total. The van der Waals surface area contributed by atoms with Gasteiger partial charge in [0, 0.05) is 0 Å². The topological polar surface area (TPSA) is 66.4 Å². The van der Waals surface area contributed by atoms with Crippen molar-refractivity contribution in [1.29, 1.82) is 0 Å². The van der Waals surface area contributed by atoms with Gasteiger partial charge in [0.05, 0.1) is 17.9 Å². The third-order valence-electron chi connectivity index (χ3n) is 3.93. The molecule has 20 heavy (non-hydrogen) atoms. The van der Waals surface area contributed by atoms with Crippen molar-refractivity contribution < 1.29 is 14.7 Å². The molecule has 1 saturated carbocycles. The van der Waals surface area contributed by atoms with Crippen LogP contribution in [0.5, 0.6) is 0 Å². The number of carboxylic acids is 1. The highest BCUT2D eigenvalue weighted by Crippen LogP contribution is 2.39. The van der Waals surface area contributed by atoms with Crippen LogP contribution in [0.3, 0.4) is 0 Å². The zero-order valence-electron chi connectivity index (χ0n) is 12.1. The number of aliphatic carboxylic acids is 1. The van der Waals surface area contributed by atoms with E-state index in [-0.39, 0.29) is 23.8 Å². The highest BCUT2D eigenvalue weighted by atomic mass is 16.4. The van der Waals surface area contributed by atoms with E-state index in [0.717, 1.165) is 11.1 Å². The zero-order valence-corrected chi connectivity index (χ0v) is 12.1. The van der Waals surface area contributed by atoms with Gasteiger partial charge in [0.25, 0.3) is 0 Å². The normalized spacial score (nSPS) is 22.4. The summed E-state index contributed by atoms with van der Waals surface area (Å²) >= 11 is 0. The molecule has 1 fully saturated rings. The van der Waals surface area contributed by atoms with Gasteiger partial charge < -0.3 is 10.4 Å². The highest BCUT2D eigenvalue weighted by Gasteiger charge is 2.48. The molecule has 1 amide bonds. The Morgan fingerprint density at radius 2 is 1.90 bits per heavy atom. The summed E-state index contributed by atoms with van der Waals surface area (Å²) in [5.41, 5.74) is 2.24. The standard InChI is InChI=1S/C16H21NO3/c1-9(2)14(11-7-5-4-6-10(11)3)17-15(18)12-8-13(12)16(19)20/h4-7,9,12-14H,8H2,1-3H3,(H,17,18)(H,19,20). The van der Waals surface area contributed by atoms with Gasteiger partial charge in [-0.1, -0.05) is 38.1 Å². The van der Waals surface area contributed by atoms with Gasteiger partial charge in [0.15, 0.2) is 0 Å². The zero-order chi connectivity index (χ0) is 14.9. The Bertz CT molecular complexity index is 524. The predicted molar refractivity (Wildman–Crippen MR) is 76.1 cm³/mol. The lowest BCUT2D eigenvalue weighted by Crippen LogP contribution is -2.34. The fraction of sp³-hybridized carbons (Fsp3) is 0.500. The number of nitrogens with one attached hydrogen (secondary N) is 1. The molecule has 0 aliphatic heterocycles. The maximum atomic E-state index is 12.1. The van der Waals surface area contributed by atoms with E-state index in [4.69, 9.17) is 5.11 Å². The average molecular weight is 275 g/mol. The minimum Gasteiger partial charge on any atom is -0.481 e. The molecule has 1 aromatic rings. The summed E-state index contributed by atoms with van der Waals surface area (Å²) in [6.45, 7) is 6.13. The van der Waals surface area contributed by atoms with Gasteiger partial charge in [0.1, 0.15) is 0 Å². The predicted octanol–water partition coefficient (Wildman–Crippen LogP) is 2.53. The maximum absolute atomic E-state index is 12.1. The lowest BCUT2D eigenvalue weighted by Gasteiger charge is -2.24. The fourth-order valence-corrected chi connectivity index (χ4v) is 2.56. The lowest BCUT2D eigenvalue weighted by atomic mass is 9.92. The Kier molecular flexibility index (Phi) is 4.12. The van der Waals surface area contributed by atoms with Crippen molar-refractivity contribution in [3.05, 3.63) is 35.4 Å². The van der Waals surface area contributed by atoms with E-state index in [1.807, 2.05) is 31.2 Å². The molecule has 3 unspecified atom stereocenters. The summed E-state index contributed by atoms with van der Waals surface area (Å²) < 4.78 is 0. The number of benzene rings is 1. The van der Waals surface area contributed by atoms with Gasteiger partial charge in [-0.15, -0.1) is 0 Å². The van der Waals surface area contributed by atoms with E-state index in [2.05, 4.69) is 19.2 Å². The van der Waals surface area contributed by atoms with Crippen LogP contribution in [0, 0.1) is 24.7 Å². The van der Waals surface area contributed by atoms with Crippen LogP contribution in [-0.2, 0) is 9.59 Å². The molecule has 0 saturated heterocycles. The molecule has 4 heteroatoms. The van der Waals surface area contributed by atoms with E-state index < -0.39 is 11.9 Å². The molecule has 2 N–H and O–H groups in total. The summed E-state index contributed by atoms with van der Waals surface area (Å²) in [6.07, 6.45) is 0.458. The number of carbonyl (C=O) groups is 2. The van der Waals surface area contributed by atoms with Crippen molar-refractivity contribution in [3.63, 3.8) is 0 Å². The van der Waals surface area contributed by atoms with Gasteiger partial charge in [0.2, 0.25) is 5.91 Å². The molecule has 0 spiro atoms. The Hall–Kier alpha value is -1.84. The van der Waals surface area contributed by atoms with Crippen LogP contribution in [0.1, 0.15) is 37.4 Å². The second kappa shape index (κ2) is 5.65. The van der Waals surface area contributed by atoms with Gasteiger partial charge in [-0.25, -0.2) is 0 Å². The number of carbonyl (C=O) groups excluding carboxylic acids is 1. The number of hydrogen-bond donors (Lipinski definition) is 2. The van der Waals surface area contributed by atoms with Gasteiger partial charge in [-0.3, -0.25) is 9.59 Å². The van der Waals surface area contributed by atoms with Crippen molar-refractivity contribution >= 4 is 11.9 Å². The van der Waals surface area contributed by atoms with Crippen LogP contribution >= 0.6 is 0 Å². The second-order valence-corrected chi connectivity index (χ2v) is 5.87. The maximum Gasteiger partial charge on any atom is 0.307 e. The lowest BCUT2D eigenvalue weighted by molar-refractivity contribution is -0.140. The molecule has 0 heterocycles. The monoisotopic (exact) mass is 275 g/mol. The van der Waals surface area contributed by atoms with Crippen molar-refractivity contribution in [2.45, 2.75) is 33.2 Å². The van der Waals surface area contributed by atoms with Crippen molar-refractivity contribution in [3.8, 4) is 0 Å². The van der Waals surface area contributed by atoms with Crippen LogP contribution in [0.15, 0.2) is 24.3 Å². The molecule has 108 valence electrons. The smallest absolute Gasteiger partial charge is 0.307 e. The molecule has 0 bridgehead atoms. The summed E-state index contributed by atoms with van der Waals surface area (Å²) in [5.74, 6) is -1.62. The third-order valence-corrected chi connectivity index (χ3v) is 3.93. The van der Waals surface area contributed by atoms with E-state index in [0.29, 0.717) is 6.42 Å². The first-order valence-electron chi connectivity index (χ1n) is 7.00. The van der Waals surface area contributed by atoms with Crippen LogP contribution < -0.4 is 5.32 Å². The summed E-state index contributed by atoms with van der Waals surface area (Å²) in [6, 6.07) is 7.90. The SMILES string of the molecule is Cc1ccccc1C(NC(=O)C1CC1C(=O)O)C(C)C. The number of amides is 1. The molecule has 0 radical (unpaired) electrons. The first-order chi connectivity index (χ1) is 9.41. The van der Waals surface area contributed by atoms with Crippen LogP contribution in [0.2, 0.25) is 0 Å². The largest absolute Gasteiger partial charge is 0.481 e. The fourth-order valence-electron chi connectivity index (χ4n) is 2.56. The molecule has 0 aromatic heterocycles. The van der Waals surface area contributed by atoms with Crippen molar-refractivity contribution in [1.82, 2.24) is 5.32 Å². The first kappa shape index (κ1) is 14.6. The Morgan fingerprint density at radius 3 is 2.40 bits per heavy atom. The minimum absolute atomic E-state index is 0.0706. The number of aryl methyl sites for hydroxylation is 1. The molecule has 1 aliphatic carbocycles. The molecule has 1 aliphatic rings. The number of rotatable bonds is 5. The van der Waals surface area contributed by atoms with Gasteiger partial charge >= 0.3 is 5.97 Å². The van der Waals surface area contributed by atoms with Crippen LogP contribution in [0.25, 0.3) is 0 Å². The molecule has 1 aromatic carbocycles. The van der Waals surface area contributed by atoms with E-state index in [9.17, 15) is 9.59 Å². The molecule has 2 rings (SSSR count). The van der Waals surface area contributed by atoms with Crippen molar-refractivity contribution in [2.24, 2.45) is 17.8 Å². The Morgan fingerprint density at radius 1 is 1.25 bits per heavy atom. The summed E-state index contributed by atoms with van der Waals surface area (Å²) in [4.78, 5) is 23.0. The van der Waals surface area contributed by atoms with Crippen LogP contribution in [-0.4, -0.2) is 17.0 Å². The van der Waals surface area contributed by atoms with E-state index in [1.54, 1.807) is 0 Å². The summed E-state index contributed by atoms with van der Waals surface area (Å²) in [7, 11) is 0. The molecule has 3 atom stereocenters. The highest BCUT2D eigenvalue weighted by molar-refractivity contribution is 5.89. The number of carboxylic acid groups (broad SMARTS) is 1. The van der Waals surface area contributed by atoms with Gasteiger partial charge in [-0.2, -0.15) is 0 Å². The summed E-state index contributed by atoms with van der Waals surface area (Å²) in [5, 5.41) is 11.9. The first-order valence-corrected chi connectivity index (χ1v) is 7.00. The van der Waals surface area contributed by atoms with E-state index in [1.165, 1.54) is 0 Å². The molecular formula is C16H21NO3. The quantitative estimate of drug-likeness (QED) is 0.867. The Balaban J connectivity index is 2.10.